The van der Waals surface area contributed by atoms with Gasteiger partial charge in [0.25, 0.3) is 0 Å². The first kappa shape index (κ1) is 24.2. The highest BCUT2D eigenvalue weighted by atomic mass is 16.5. The molecule has 2 N–H and O–H groups in total. The van der Waals surface area contributed by atoms with Gasteiger partial charge in [0, 0.05) is 17.5 Å². The van der Waals surface area contributed by atoms with Gasteiger partial charge in [-0.05, 0) is 91.9 Å². The summed E-state index contributed by atoms with van der Waals surface area (Å²) in [6.45, 7) is 7.14. The second-order valence-corrected chi connectivity index (χ2v) is 9.79. The van der Waals surface area contributed by atoms with Crippen molar-refractivity contribution in [1.82, 2.24) is 5.32 Å². The number of ether oxygens (including phenoxy) is 3. The number of rotatable bonds is 8. The molecule has 0 aromatic heterocycles. The molecule has 36 heavy (non-hydrogen) atoms. The van der Waals surface area contributed by atoms with Crippen molar-refractivity contribution in [1.29, 1.82) is 0 Å². The first-order valence-electron chi connectivity index (χ1n) is 12.7. The fourth-order valence-corrected chi connectivity index (χ4v) is 5.26. The summed E-state index contributed by atoms with van der Waals surface area (Å²) in [5.41, 5.74) is 6.79. The van der Waals surface area contributed by atoms with E-state index < -0.39 is 5.97 Å². The summed E-state index contributed by atoms with van der Waals surface area (Å²) in [5.74, 6) is 1.45. The number of hydrogen-bond donors (Lipinski definition) is 2. The minimum Gasteiger partial charge on any atom is -0.492 e. The molecule has 0 radical (unpaired) electrons. The molecule has 0 aliphatic carbocycles. The van der Waals surface area contributed by atoms with Crippen LogP contribution in [-0.2, 0) is 11.4 Å². The van der Waals surface area contributed by atoms with Crippen molar-refractivity contribution in [3.8, 4) is 28.4 Å². The number of fused-ring (bicyclic) bond motifs is 1. The molecule has 3 aromatic carbocycles. The Kier molecular flexibility index (Phi) is 7.14. The van der Waals surface area contributed by atoms with Gasteiger partial charge >= 0.3 is 5.97 Å². The lowest BCUT2D eigenvalue weighted by Crippen LogP contribution is -2.34. The molecule has 1 fully saturated rings. The summed E-state index contributed by atoms with van der Waals surface area (Å²) in [6.07, 6.45) is 2.44. The predicted molar refractivity (Wildman–Crippen MR) is 139 cm³/mol. The average molecular weight is 488 g/mol. The molecule has 6 nitrogen and oxygen atoms in total. The van der Waals surface area contributed by atoms with Gasteiger partial charge in [0.1, 0.15) is 30.0 Å². The first-order valence-corrected chi connectivity index (χ1v) is 12.7. The van der Waals surface area contributed by atoms with Crippen molar-refractivity contribution < 1.29 is 24.1 Å². The van der Waals surface area contributed by atoms with E-state index >= 15 is 0 Å². The summed E-state index contributed by atoms with van der Waals surface area (Å²) in [5, 5.41) is 12.5. The number of carboxylic acids is 1. The van der Waals surface area contributed by atoms with Crippen LogP contribution in [0.25, 0.3) is 11.1 Å². The molecule has 188 valence electrons. The molecule has 2 aliphatic rings. The highest BCUT2D eigenvalue weighted by Crippen LogP contribution is 2.38. The highest BCUT2D eigenvalue weighted by Gasteiger charge is 2.26. The molecule has 0 amide bonds. The van der Waals surface area contributed by atoms with Crippen molar-refractivity contribution in [3.63, 3.8) is 0 Å². The highest BCUT2D eigenvalue weighted by molar-refractivity contribution is 5.72. The second-order valence-electron chi connectivity index (χ2n) is 9.79. The van der Waals surface area contributed by atoms with Gasteiger partial charge in [-0.1, -0.05) is 24.3 Å². The standard InChI is InChI=1S/C30H33NO5/c1-19-12-26(36-24-8-10-31-11-9-24)13-20(2)30(19)22-5-3-4-21(14-22)17-34-25-6-7-27-23(15-29(32)33)18-35-28(27)16-25/h3-7,12-14,16,23-24,31H,8-11,15,17-18H2,1-2H3,(H,32,33)/t23-/m1/s1. The second kappa shape index (κ2) is 10.6. The van der Waals surface area contributed by atoms with E-state index in [0.717, 1.165) is 48.4 Å². The monoisotopic (exact) mass is 487 g/mol. The van der Waals surface area contributed by atoms with Gasteiger partial charge in [0.15, 0.2) is 0 Å². The molecule has 5 rings (SSSR count). The average Bonchev–Trinajstić information content (AvgIpc) is 3.24. The zero-order valence-corrected chi connectivity index (χ0v) is 20.9. The van der Waals surface area contributed by atoms with E-state index in [-0.39, 0.29) is 18.4 Å². The quantitative estimate of drug-likeness (QED) is 0.429. The van der Waals surface area contributed by atoms with Gasteiger partial charge < -0.3 is 24.6 Å². The summed E-state index contributed by atoms with van der Waals surface area (Å²) in [7, 11) is 0. The Morgan fingerprint density at radius 1 is 1.03 bits per heavy atom. The molecular weight excluding hydrogens is 454 g/mol. The molecule has 1 atom stereocenters. The van der Waals surface area contributed by atoms with E-state index in [2.05, 4.69) is 55.6 Å². The van der Waals surface area contributed by atoms with E-state index in [4.69, 9.17) is 19.3 Å². The topological polar surface area (TPSA) is 77.0 Å². The number of aryl methyl sites for hydroxylation is 2. The molecule has 2 heterocycles. The van der Waals surface area contributed by atoms with Gasteiger partial charge in [-0.25, -0.2) is 0 Å². The van der Waals surface area contributed by atoms with Crippen LogP contribution in [0.15, 0.2) is 54.6 Å². The van der Waals surface area contributed by atoms with E-state index in [0.29, 0.717) is 24.7 Å². The number of carbonyl (C=O) groups is 1. The van der Waals surface area contributed by atoms with Crippen molar-refractivity contribution in [2.45, 2.75) is 51.7 Å². The van der Waals surface area contributed by atoms with Crippen LogP contribution in [0.2, 0.25) is 0 Å². The first-order chi connectivity index (χ1) is 17.5. The Morgan fingerprint density at radius 2 is 1.81 bits per heavy atom. The number of hydrogen-bond acceptors (Lipinski definition) is 5. The summed E-state index contributed by atoms with van der Waals surface area (Å²) >= 11 is 0. The lowest BCUT2D eigenvalue weighted by atomic mass is 9.94. The van der Waals surface area contributed by atoms with Gasteiger partial charge in [-0.3, -0.25) is 4.79 Å². The smallest absolute Gasteiger partial charge is 0.304 e. The van der Waals surface area contributed by atoms with Crippen LogP contribution < -0.4 is 19.5 Å². The zero-order chi connectivity index (χ0) is 25.1. The summed E-state index contributed by atoms with van der Waals surface area (Å²) in [4.78, 5) is 11.1. The Hall–Kier alpha value is -3.51. The molecule has 0 saturated carbocycles. The van der Waals surface area contributed by atoms with Crippen LogP contribution in [0.3, 0.4) is 0 Å². The number of benzene rings is 3. The van der Waals surface area contributed by atoms with Crippen LogP contribution >= 0.6 is 0 Å². The third-order valence-corrected chi connectivity index (χ3v) is 7.00. The van der Waals surface area contributed by atoms with Crippen molar-refractivity contribution in [2.24, 2.45) is 0 Å². The minimum atomic E-state index is -0.814. The van der Waals surface area contributed by atoms with Crippen molar-refractivity contribution in [3.05, 3.63) is 76.9 Å². The van der Waals surface area contributed by atoms with Gasteiger partial charge in [0.2, 0.25) is 0 Å². The lowest BCUT2D eigenvalue weighted by molar-refractivity contribution is -0.137. The third-order valence-electron chi connectivity index (χ3n) is 7.00. The SMILES string of the molecule is Cc1cc(OC2CCNCC2)cc(C)c1-c1cccc(COc2ccc3c(c2)OC[C@H]3CC(=O)O)c1. The molecule has 2 aliphatic heterocycles. The molecule has 3 aromatic rings. The molecular formula is C30H33NO5. The molecule has 0 unspecified atom stereocenters. The fraction of sp³-hybridized carbons (Fsp3) is 0.367. The fourth-order valence-electron chi connectivity index (χ4n) is 5.26. The summed E-state index contributed by atoms with van der Waals surface area (Å²) < 4.78 is 18.1. The minimum absolute atomic E-state index is 0.0734. The predicted octanol–water partition coefficient (Wildman–Crippen LogP) is 5.63. The number of aliphatic carboxylic acids is 1. The Balaban J connectivity index is 1.27. The van der Waals surface area contributed by atoms with Crippen molar-refractivity contribution in [2.75, 3.05) is 19.7 Å². The summed E-state index contributed by atoms with van der Waals surface area (Å²) in [6, 6.07) is 18.4. The normalized spacial score (nSPS) is 17.3. The van der Waals surface area contributed by atoms with E-state index in [9.17, 15) is 4.79 Å². The zero-order valence-electron chi connectivity index (χ0n) is 20.9. The molecule has 0 bridgehead atoms. The van der Waals surface area contributed by atoms with Gasteiger partial charge in [0.05, 0.1) is 13.0 Å². The number of nitrogens with one attached hydrogen (secondary N) is 1. The van der Waals surface area contributed by atoms with Crippen LogP contribution in [-0.4, -0.2) is 36.9 Å². The van der Waals surface area contributed by atoms with Crippen LogP contribution in [0.5, 0.6) is 17.2 Å². The largest absolute Gasteiger partial charge is 0.492 e. The van der Waals surface area contributed by atoms with Crippen LogP contribution in [0, 0.1) is 13.8 Å². The maximum absolute atomic E-state index is 11.1. The van der Waals surface area contributed by atoms with E-state index in [1.54, 1.807) is 0 Å². The van der Waals surface area contributed by atoms with Gasteiger partial charge in [-0.15, -0.1) is 0 Å². The van der Waals surface area contributed by atoms with Crippen LogP contribution in [0.4, 0.5) is 0 Å². The Morgan fingerprint density at radius 3 is 2.56 bits per heavy atom. The molecule has 0 spiro atoms. The van der Waals surface area contributed by atoms with Gasteiger partial charge in [-0.2, -0.15) is 0 Å². The van der Waals surface area contributed by atoms with Crippen LogP contribution in [0.1, 0.15) is 47.4 Å². The maximum atomic E-state index is 11.1. The third kappa shape index (κ3) is 5.49. The molecule has 6 heteroatoms. The van der Waals surface area contributed by atoms with E-state index in [1.807, 2.05) is 18.2 Å². The Bertz CT molecular complexity index is 1220. The Labute approximate surface area is 212 Å². The number of piperidine rings is 1. The van der Waals surface area contributed by atoms with Crippen molar-refractivity contribution >= 4 is 5.97 Å². The van der Waals surface area contributed by atoms with E-state index in [1.165, 1.54) is 16.7 Å². The maximum Gasteiger partial charge on any atom is 0.304 e. The molecule has 1 saturated heterocycles. The lowest BCUT2D eigenvalue weighted by Gasteiger charge is -2.24. The number of carboxylic acid groups (broad SMARTS) is 1.